The number of benzene rings is 4. The number of hydrogen-bond donors (Lipinski definition) is 1. The van der Waals surface area contributed by atoms with Crippen LogP contribution in [0.25, 0.3) is 56.2 Å². The number of carbonyl (C=O) groups is 1. The van der Waals surface area contributed by atoms with E-state index >= 15 is 0 Å². The van der Waals surface area contributed by atoms with Crippen molar-refractivity contribution in [2.75, 3.05) is 19.6 Å². The second-order valence-corrected chi connectivity index (χ2v) is 14.7. The molecule has 2 saturated heterocycles. The smallest absolute Gasteiger partial charge is 0.320 e. The van der Waals surface area contributed by atoms with Gasteiger partial charge in [0.2, 0.25) is 11.8 Å². The molecule has 2 aliphatic heterocycles. The zero-order valence-corrected chi connectivity index (χ0v) is 28.8. The molecule has 6 aromatic rings. The van der Waals surface area contributed by atoms with Crippen molar-refractivity contribution in [3.8, 4) is 40.1 Å². The Hall–Kier alpha value is -5.30. The standard InChI is InChI=1S/C41H39N5O4/c1-24-29(8-5-10-31(24)38-43-33-17-26(13-14-36(33)49-38)21-46-15-7-12-35(46)40(47)48)30-9-6-11-32(25(30)2)39-44-34-18-27(16-28(19-42)37(34)50-39)20-45-22-41(3,4)23-45/h5-6,8-11,13-14,16-18,35H,7,12,15,20-23H2,1-4H3,(H,47,48)/t35-/m0/s1. The summed E-state index contributed by atoms with van der Waals surface area (Å²) in [6.45, 7) is 12.9. The third-order valence-corrected chi connectivity index (χ3v) is 10.3. The molecule has 2 aliphatic rings. The van der Waals surface area contributed by atoms with Crippen LogP contribution in [0.5, 0.6) is 0 Å². The molecule has 2 aromatic heterocycles. The second-order valence-electron chi connectivity index (χ2n) is 14.7. The minimum absolute atomic E-state index is 0.333. The zero-order chi connectivity index (χ0) is 34.7. The fourth-order valence-electron chi connectivity index (χ4n) is 7.95. The SMILES string of the molecule is Cc1c(-c2nc3cc(CN4CCC[C@H]4C(=O)O)ccc3o2)cccc1-c1cccc(-c2nc3cc(CN4CC(C)(C)C4)cc(C#N)c3o2)c1C. The van der Waals surface area contributed by atoms with E-state index in [0.717, 1.165) is 82.6 Å². The van der Waals surface area contributed by atoms with E-state index in [9.17, 15) is 15.2 Å². The third-order valence-electron chi connectivity index (χ3n) is 10.3. The Morgan fingerprint density at radius 2 is 1.52 bits per heavy atom. The summed E-state index contributed by atoms with van der Waals surface area (Å²) >= 11 is 0. The Morgan fingerprint density at radius 1 is 0.880 bits per heavy atom. The number of aliphatic carboxylic acids is 1. The summed E-state index contributed by atoms with van der Waals surface area (Å²) in [5.74, 6) is 0.266. The van der Waals surface area contributed by atoms with Crippen LogP contribution in [-0.4, -0.2) is 56.5 Å². The van der Waals surface area contributed by atoms with Gasteiger partial charge in [-0.05, 0) is 108 Å². The maximum Gasteiger partial charge on any atom is 0.320 e. The van der Waals surface area contributed by atoms with Crippen LogP contribution < -0.4 is 0 Å². The molecule has 9 heteroatoms. The lowest BCUT2D eigenvalue weighted by Gasteiger charge is -2.46. The van der Waals surface area contributed by atoms with Crippen molar-refractivity contribution in [3.05, 3.63) is 94.5 Å². The highest BCUT2D eigenvalue weighted by molar-refractivity contribution is 5.86. The van der Waals surface area contributed by atoms with Crippen LogP contribution in [0.4, 0.5) is 0 Å². The van der Waals surface area contributed by atoms with Gasteiger partial charge < -0.3 is 13.9 Å². The van der Waals surface area contributed by atoms with Crippen LogP contribution in [0.2, 0.25) is 0 Å². The van der Waals surface area contributed by atoms with E-state index in [1.807, 2.05) is 59.5 Å². The van der Waals surface area contributed by atoms with E-state index < -0.39 is 12.0 Å². The lowest BCUT2D eigenvalue weighted by atomic mass is 9.84. The lowest BCUT2D eigenvalue weighted by Crippen LogP contribution is -2.52. The molecule has 1 atom stereocenters. The summed E-state index contributed by atoms with van der Waals surface area (Å²) in [6.07, 6.45) is 1.57. The molecule has 1 N–H and O–H groups in total. The first-order chi connectivity index (χ1) is 24.1. The van der Waals surface area contributed by atoms with E-state index in [1.165, 1.54) is 0 Å². The highest BCUT2D eigenvalue weighted by Gasteiger charge is 2.34. The Kier molecular flexibility index (Phi) is 7.81. The summed E-state index contributed by atoms with van der Waals surface area (Å²) in [4.78, 5) is 25.9. The van der Waals surface area contributed by atoms with Gasteiger partial charge in [-0.2, -0.15) is 5.26 Å². The van der Waals surface area contributed by atoms with Crippen LogP contribution >= 0.6 is 0 Å². The van der Waals surface area contributed by atoms with Gasteiger partial charge in [-0.25, -0.2) is 9.97 Å². The number of aromatic nitrogens is 2. The van der Waals surface area contributed by atoms with Gasteiger partial charge in [0, 0.05) is 37.3 Å². The quantitative estimate of drug-likeness (QED) is 0.171. The van der Waals surface area contributed by atoms with E-state index in [2.05, 4.69) is 50.8 Å². The fourth-order valence-corrected chi connectivity index (χ4v) is 7.95. The van der Waals surface area contributed by atoms with Crippen molar-refractivity contribution < 1.29 is 18.7 Å². The van der Waals surface area contributed by atoms with Gasteiger partial charge in [0.1, 0.15) is 23.1 Å². The van der Waals surface area contributed by atoms with Gasteiger partial charge in [-0.1, -0.05) is 44.2 Å². The Morgan fingerprint density at radius 3 is 2.18 bits per heavy atom. The summed E-state index contributed by atoms with van der Waals surface area (Å²) < 4.78 is 12.6. The molecule has 0 amide bonds. The highest BCUT2D eigenvalue weighted by Crippen LogP contribution is 2.39. The summed E-state index contributed by atoms with van der Waals surface area (Å²) in [6, 6.07) is 24.0. The Bertz CT molecular complexity index is 2340. The first kappa shape index (κ1) is 31.9. The minimum Gasteiger partial charge on any atom is -0.480 e. The predicted molar refractivity (Wildman–Crippen MR) is 192 cm³/mol. The largest absolute Gasteiger partial charge is 0.480 e. The average Bonchev–Trinajstić information content (AvgIpc) is 3.82. The molecule has 252 valence electrons. The Balaban J connectivity index is 1.10. The molecule has 2 fully saturated rings. The fraction of sp³-hybridized carbons (Fsp3) is 0.317. The van der Waals surface area contributed by atoms with Gasteiger partial charge in [0.05, 0.1) is 5.56 Å². The van der Waals surface area contributed by atoms with Crippen molar-refractivity contribution >= 4 is 28.2 Å². The number of nitrogens with zero attached hydrogens (tertiary/aromatic N) is 5. The molecule has 9 nitrogen and oxygen atoms in total. The van der Waals surface area contributed by atoms with Crippen LogP contribution in [-0.2, 0) is 17.9 Å². The lowest BCUT2D eigenvalue weighted by molar-refractivity contribution is -0.142. The minimum atomic E-state index is -0.763. The Labute approximate surface area is 290 Å². The van der Waals surface area contributed by atoms with Crippen molar-refractivity contribution in [2.24, 2.45) is 5.41 Å². The van der Waals surface area contributed by atoms with Gasteiger partial charge in [0.25, 0.3) is 0 Å². The molecule has 50 heavy (non-hydrogen) atoms. The zero-order valence-electron chi connectivity index (χ0n) is 28.8. The van der Waals surface area contributed by atoms with E-state index in [0.29, 0.717) is 52.4 Å². The molecule has 0 saturated carbocycles. The van der Waals surface area contributed by atoms with Crippen LogP contribution in [0, 0.1) is 30.6 Å². The number of fused-ring (bicyclic) bond motifs is 2. The first-order valence-corrected chi connectivity index (χ1v) is 17.2. The van der Waals surface area contributed by atoms with E-state index in [1.54, 1.807) is 0 Å². The van der Waals surface area contributed by atoms with Gasteiger partial charge in [-0.3, -0.25) is 14.6 Å². The maximum atomic E-state index is 11.7. The van der Waals surface area contributed by atoms with Gasteiger partial charge in [-0.15, -0.1) is 0 Å². The molecule has 0 bridgehead atoms. The van der Waals surface area contributed by atoms with Crippen molar-refractivity contribution in [3.63, 3.8) is 0 Å². The van der Waals surface area contributed by atoms with Gasteiger partial charge in [0.15, 0.2) is 11.2 Å². The van der Waals surface area contributed by atoms with Crippen molar-refractivity contribution in [1.82, 2.24) is 19.8 Å². The monoisotopic (exact) mass is 665 g/mol. The molecule has 8 rings (SSSR count). The molecule has 0 aliphatic carbocycles. The summed E-state index contributed by atoms with van der Waals surface area (Å²) in [5, 5.41) is 19.6. The number of nitriles is 1. The number of hydrogen-bond acceptors (Lipinski definition) is 8. The van der Waals surface area contributed by atoms with E-state index in [-0.39, 0.29) is 0 Å². The normalized spacial score (nSPS) is 17.7. The number of oxazole rings is 2. The first-order valence-electron chi connectivity index (χ1n) is 17.2. The average molecular weight is 666 g/mol. The van der Waals surface area contributed by atoms with Gasteiger partial charge >= 0.3 is 5.97 Å². The van der Waals surface area contributed by atoms with Crippen molar-refractivity contribution in [2.45, 2.75) is 59.7 Å². The van der Waals surface area contributed by atoms with Crippen LogP contribution in [0.3, 0.4) is 0 Å². The summed E-state index contributed by atoms with van der Waals surface area (Å²) in [5.41, 5.74) is 11.5. The van der Waals surface area contributed by atoms with Crippen molar-refractivity contribution in [1.29, 1.82) is 5.26 Å². The molecule has 4 heterocycles. The number of carboxylic acid groups (broad SMARTS) is 1. The number of likely N-dealkylation sites (tertiary alicyclic amines) is 2. The van der Waals surface area contributed by atoms with Crippen LogP contribution in [0.1, 0.15) is 54.5 Å². The molecule has 0 spiro atoms. The highest BCUT2D eigenvalue weighted by atomic mass is 16.4. The van der Waals surface area contributed by atoms with Crippen LogP contribution in [0.15, 0.2) is 75.6 Å². The van der Waals surface area contributed by atoms with E-state index in [4.69, 9.17) is 18.8 Å². The molecule has 0 radical (unpaired) electrons. The predicted octanol–water partition coefficient (Wildman–Crippen LogP) is 8.35. The topological polar surface area (TPSA) is 120 Å². The maximum absolute atomic E-state index is 11.7. The third kappa shape index (κ3) is 5.74. The molecular formula is C41H39N5O4. The number of carboxylic acids is 1. The molecule has 0 unspecified atom stereocenters. The summed E-state index contributed by atoms with van der Waals surface area (Å²) in [7, 11) is 0. The second kappa shape index (κ2) is 12.2. The number of rotatable bonds is 8. The molecule has 4 aromatic carbocycles. The molecular weight excluding hydrogens is 626 g/mol.